The topological polar surface area (TPSA) is 49.8 Å². The average molecular weight is 208 g/mol. The molecule has 4 nitrogen and oxygen atoms in total. The van der Waals surface area contributed by atoms with E-state index in [-0.39, 0.29) is 0 Å². The molecule has 0 amide bonds. The van der Waals surface area contributed by atoms with Crippen LogP contribution in [0.1, 0.15) is 25.8 Å². The zero-order valence-electron chi connectivity index (χ0n) is 9.96. The van der Waals surface area contributed by atoms with Gasteiger partial charge in [-0.25, -0.2) is 9.97 Å². The Hall–Kier alpha value is -1.58. The maximum atomic E-state index is 4.04. The highest BCUT2D eigenvalue weighted by molar-refractivity contribution is 5.71. The lowest BCUT2D eigenvalue weighted by molar-refractivity contribution is 1.09. The lowest BCUT2D eigenvalue weighted by Crippen LogP contribution is -2.01. The Morgan fingerprint density at radius 3 is 1.87 bits per heavy atom. The van der Waals surface area contributed by atoms with Gasteiger partial charge in [-0.1, -0.05) is 32.9 Å². The molecular weight excluding hydrogens is 188 g/mol. The predicted octanol–water partition coefficient (Wildman–Crippen LogP) is 2.62. The first-order valence-electron chi connectivity index (χ1n) is 5.07. The lowest BCUT2D eigenvalue weighted by atomic mass is 10.2. The highest BCUT2D eigenvalue weighted by Crippen LogP contribution is 2.19. The first-order chi connectivity index (χ1) is 7.24. The minimum atomic E-state index is 0.782. The Balaban J connectivity index is 0.000000583. The van der Waals surface area contributed by atoms with E-state index in [1.54, 1.807) is 6.08 Å². The van der Waals surface area contributed by atoms with Crippen LogP contribution in [0.4, 0.5) is 11.6 Å². The third-order valence-corrected chi connectivity index (χ3v) is 1.56. The number of hydrogen-bond donors (Lipinski definition) is 2. The third-order valence-electron chi connectivity index (χ3n) is 1.56. The summed E-state index contributed by atoms with van der Waals surface area (Å²) in [6.45, 7) is 7.94. The molecule has 0 fully saturated rings. The van der Waals surface area contributed by atoms with Crippen molar-refractivity contribution in [2.75, 3.05) is 24.7 Å². The van der Waals surface area contributed by atoms with E-state index in [1.807, 2.05) is 14.1 Å². The van der Waals surface area contributed by atoms with Crippen molar-refractivity contribution in [3.8, 4) is 0 Å². The molecule has 0 aliphatic rings. The van der Waals surface area contributed by atoms with Gasteiger partial charge in [0.2, 0.25) is 0 Å². The van der Waals surface area contributed by atoms with Crippen molar-refractivity contribution in [1.29, 1.82) is 0 Å². The molecule has 0 saturated carbocycles. The van der Waals surface area contributed by atoms with Gasteiger partial charge < -0.3 is 10.6 Å². The van der Waals surface area contributed by atoms with Crippen LogP contribution in [0.3, 0.4) is 0 Å². The van der Waals surface area contributed by atoms with E-state index >= 15 is 0 Å². The van der Waals surface area contributed by atoms with Gasteiger partial charge >= 0.3 is 0 Å². The second-order valence-electron chi connectivity index (χ2n) is 2.90. The summed E-state index contributed by atoms with van der Waals surface area (Å²) >= 11 is 0. The molecule has 1 aromatic heterocycles. The molecule has 0 unspecified atom stereocenters. The molecule has 1 rings (SSSR count). The number of hydrogen-bond acceptors (Lipinski definition) is 4. The summed E-state index contributed by atoms with van der Waals surface area (Å²) in [6, 6.07) is 0. The maximum Gasteiger partial charge on any atom is 0.138 e. The molecule has 1 aromatic rings. The molecule has 0 aromatic carbocycles. The van der Waals surface area contributed by atoms with Crippen LogP contribution in [0.25, 0.3) is 6.08 Å². The van der Waals surface area contributed by atoms with Crippen LogP contribution in [-0.2, 0) is 0 Å². The fraction of sp³-hybridized carbons (Fsp3) is 0.455. The predicted molar refractivity (Wildman–Crippen MR) is 67.2 cm³/mol. The van der Waals surface area contributed by atoms with E-state index in [2.05, 4.69) is 41.0 Å². The summed E-state index contributed by atoms with van der Waals surface area (Å²) in [7, 11) is 3.63. The van der Waals surface area contributed by atoms with Crippen molar-refractivity contribution >= 4 is 17.7 Å². The van der Waals surface area contributed by atoms with Gasteiger partial charge in [-0.2, -0.15) is 0 Å². The van der Waals surface area contributed by atoms with Gasteiger partial charge in [0.25, 0.3) is 0 Å². The highest BCUT2D eigenvalue weighted by atomic mass is 15.0. The Labute approximate surface area is 91.8 Å². The highest BCUT2D eigenvalue weighted by Gasteiger charge is 2.03. The Kier molecular flexibility index (Phi) is 6.97. The minimum absolute atomic E-state index is 0.782. The molecule has 0 bridgehead atoms. The number of anilines is 2. The molecular formula is C11H20N4. The van der Waals surface area contributed by atoms with E-state index < -0.39 is 0 Å². The minimum Gasteiger partial charge on any atom is -0.372 e. The Bertz CT molecular complexity index is 274. The van der Waals surface area contributed by atoms with Gasteiger partial charge in [-0.3, -0.25) is 0 Å². The van der Waals surface area contributed by atoms with Gasteiger partial charge in [0.1, 0.15) is 18.0 Å². The van der Waals surface area contributed by atoms with Crippen LogP contribution in [0.15, 0.2) is 12.9 Å². The van der Waals surface area contributed by atoms with Gasteiger partial charge in [-0.15, -0.1) is 0 Å². The van der Waals surface area contributed by atoms with Gasteiger partial charge in [-0.05, 0) is 0 Å². The molecule has 0 radical (unpaired) electrons. The summed E-state index contributed by atoms with van der Waals surface area (Å²) in [5.41, 5.74) is 0.891. The van der Waals surface area contributed by atoms with Crippen LogP contribution >= 0.6 is 0 Å². The van der Waals surface area contributed by atoms with Crippen molar-refractivity contribution in [1.82, 2.24) is 9.97 Å². The largest absolute Gasteiger partial charge is 0.372 e. The van der Waals surface area contributed by atoms with E-state index in [9.17, 15) is 0 Å². The number of aromatic nitrogens is 2. The van der Waals surface area contributed by atoms with Crippen LogP contribution < -0.4 is 10.6 Å². The third kappa shape index (κ3) is 3.97. The smallest absolute Gasteiger partial charge is 0.138 e. The zero-order chi connectivity index (χ0) is 11.7. The first-order valence-corrected chi connectivity index (χ1v) is 5.07. The molecule has 84 valence electrons. The summed E-state index contributed by atoms with van der Waals surface area (Å²) in [5.74, 6) is 1.56. The maximum absolute atomic E-state index is 4.04. The summed E-state index contributed by atoms with van der Waals surface area (Å²) < 4.78 is 0. The summed E-state index contributed by atoms with van der Waals surface area (Å²) in [6.07, 6.45) is 4.47. The molecule has 0 aliphatic heterocycles. The second kappa shape index (κ2) is 7.79. The Morgan fingerprint density at radius 2 is 1.60 bits per heavy atom. The average Bonchev–Trinajstić information content (AvgIpc) is 2.28. The van der Waals surface area contributed by atoms with Gasteiger partial charge in [0.15, 0.2) is 0 Å². The zero-order valence-corrected chi connectivity index (χ0v) is 9.96. The van der Waals surface area contributed by atoms with E-state index in [0.29, 0.717) is 0 Å². The molecule has 0 atom stereocenters. The van der Waals surface area contributed by atoms with Gasteiger partial charge in [0, 0.05) is 14.1 Å². The van der Waals surface area contributed by atoms with E-state index in [0.717, 1.165) is 17.2 Å². The quantitative estimate of drug-likeness (QED) is 0.801. The van der Waals surface area contributed by atoms with Gasteiger partial charge in [0.05, 0.1) is 5.56 Å². The SMILES string of the molecule is C=Cc1c(NC)ncnc1NC.CCC. The molecule has 4 heteroatoms. The molecule has 0 spiro atoms. The molecule has 15 heavy (non-hydrogen) atoms. The van der Waals surface area contributed by atoms with Crippen LogP contribution in [-0.4, -0.2) is 24.1 Å². The molecule has 1 heterocycles. The van der Waals surface area contributed by atoms with E-state index in [4.69, 9.17) is 0 Å². The Morgan fingerprint density at radius 1 is 1.20 bits per heavy atom. The first kappa shape index (κ1) is 13.4. The van der Waals surface area contributed by atoms with Crippen molar-refractivity contribution in [2.24, 2.45) is 0 Å². The molecule has 2 N–H and O–H groups in total. The van der Waals surface area contributed by atoms with Crippen LogP contribution in [0, 0.1) is 0 Å². The number of nitrogens with zero attached hydrogens (tertiary/aromatic N) is 2. The van der Waals surface area contributed by atoms with Crippen molar-refractivity contribution < 1.29 is 0 Å². The lowest BCUT2D eigenvalue weighted by Gasteiger charge is -2.07. The fourth-order valence-corrected chi connectivity index (χ4v) is 0.987. The standard InChI is InChI=1S/C8H12N4.C3H8/c1-4-6-7(9-2)11-5-12-8(6)10-3;1-3-2/h4-5H,1H2,2-3H3,(H2,9,10,11,12);3H2,1-2H3. The van der Waals surface area contributed by atoms with Crippen molar-refractivity contribution in [2.45, 2.75) is 20.3 Å². The fourth-order valence-electron chi connectivity index (χ4n) is 0.987. The second-order valence-corrected chi connectivity index (χ2v) is 2.90. The summed E-state index contributed by atoms with van der Waals surface area (Å²) in [4.78, 5) is 8.09. The monoisotopic (exact) mass is 208 g/mol. The van der Waals surface area contributed by atoms with Crippen molar-refractivity contribution in [3.63, 3.8) is 0 Å². The van der Waals surface area contributed by atoms with Crippen LogP contribution in [0.5, 0.6) is 0 Å². The van der Waals surface area contributed by atoms with E-state index in [1.165, 1.54) is 12.7 Å². The summed E-state index contributed by atoms with van der Waals surface area (Å²) in [5, 5.41) is 5.92. The number of rotatable bonds is 3. The van der Waals surface area contributed by atoms with Crippen LogP contribution in [0.2, 0.25) is 0 Å². The normalized spacial score (nSPS) is 8.53. The number of nitrogens with one attached hydrogen (secondary N) is 2. The molecule has 0 aliphatic carbocycles. The molecule has 0 saturated heterocycles. The van der Waals surface area contributed by atoms with Crippen molar-refractivity contribution in [3.05, 3.63) is 18.5 Å².